The van der Waals surface area contributed by atoms with Gasteiger partial charge in [0.15, 0.2) is 0 Å². The van der Waals surface area contributed by atoms with Crippen LogP contribution in [0.4, 0.5) is 0 Å². The van der Waals surface area contributed by atoms with Crippen LogP contribution in [0.5, 0.6) is 0 Å². The second-order valence-corrected chi connectivity index (χ2v) is 7.41. The maximum atomic E-state index is 12.4. The van der Waals surface area contributed by atoms with Crippen LogP contribution in [0.2, 0.25) is 10.2 Å². The van der Waals surface area contributed by atoms with E-state index in [-0.39, 0.29) is 5.91 Å². The second-order valence-electron chi connectivity index (χ2n) is 6.61. The number of halogens is 2. The van der Waals surface area contributed by atoms with Gasteiger partial charge in [-0.05, 0) is 49.8 Å². The summed E-state index contributed by atoms with van der Waals surface area (Å²) >= 11 is 12.4. The number of carbonyl (C=O) groups excluding carboxylic acids is 1. The number of benzene rings is 1. The third-order valence-electron chi connectivity index (χ3n) is 4.31. The van der Waals surface area contributed by atoms with Gasteiger partial charge >= 0.3 is 0 Å². The number of amides is 1. The first-order valence-corrected chi connectivity index (χ1v) is 9.55. The van der Waals surface area contributed by atoms with E-state index in [1.807, 2.05) is 50.2 Å². The van der Waals surface area contributed by atoms with Gasteiger partial charge in [0.1, 0.15) is 16.7 Å². The van der Waals surface area contributed by atoms with Crippen LogP contribution >= 0.6 is 23.2 Å². The number of furan rings is 1. The Kier molecular flexibility index (Phi) is 6.27. The van der Waals surface area contributed by atoms with E-state index in [1.165, 1.54) is 6.08 Å². The molecule has 0 atom stereocenters. The molecule has 0 radical (unpaired) electrons. The molecule has 0 aliphatic heterocycles. The van der Waals surface area contributed by atoms with Crippen LogP contribution in [0, 0.1) is 13.8 Å². The molecule has 0 aliphatic rings. The predicted octanol–water partition coefficient (Wildman–Crippen LogP) is 5.12. The van der Waals surface area contributed by atoms with Crippen LogP contribution in [-0.4, -0.2) is 27.6 Å². The summed E-state index contributed by atoms with van der Waals surface area (Å²) in [4.78, 5) is 14.0. The first-order valence-electron chi connectivity index (χ1n) is 8.79. The Labute approximate surface area is 174 Å². The summed E-state index contributed by atoms with van der Waals surface area (Å²) in [6.45, 7) is 4.66. The van der Waals surface area contributed by atoms with E-state index in [1.54, 1.807) is 22.7 Å². The molecule has 0 bridgehead atoms. The quantitative estimate of drug-likeness (QED) is 0.522. The molecule has 0 fully saturated rings. The molecule has 0 saturated heterocycles. The van der Waals surface area contributed by atoms with Crippen molar-refractivity contribution >= 4 is 35.2 Å². The van der Waals surface area contributed by atoms with Gasteiger partial charge in [0.25, 0.3) is 0 Å². The normalized spacial score (nSPS) is 11.3. The van der Waals surface area contributed by atoms with Crippen LogP contribution in [-0.2, 0) is 17.9 Å². The maximum absolute atomic E-state index is 12.4. The molecule has 1 aromatic carbocycles. The van der Waals surface area contributed by atoms with Gasteiger partial charge in [-0.2, -0.15) is 5.10 Å². The van der Waals surface area contributed by atoms with E-state index in [2.05, 4.69) is 5.10 Å². The molecular weight excluding hydrogens is 397 g/mol. The van der Waals surface area contributed by atoms with E-state index in [9.17, 15) is 4.79 Å². The van der Waals surface area contributed by atoms with Crippen LogP contribution in [0.25, 0.3) is 6.08 Å². The van der Waals surface area contributed by atoms with Gasteiger partial charge < -0.3 is 9.32 Å². The lowest BCUT2D eigenvalue weighted by Gasteiger charge is -2.13. The number of rotatable bonds is 6. The predicted molar refractivity (Wildman–Crippen MR) is 111 cm³/mol. The van der Waals surface area contributed by atoms with Crippen molar-refractivity contribution in [2.45, 2.75) is 26.9 Å². The molecule has 146 valence electrons. The van der Waals surface area contributed by atoms with Crippen LogP contribution in [0.1, 0.15) is 28.3 Å². The summed E-state index contributed by atoms with van der Waals surface area (Å²) in [5.41, 5.74) is 2.52. The lowest BCUT2D eigenvalue weighted by Crippen LogP contribution is -2.23. The molecule has 1 amide bonds. The monoisotopic (exact) mass is 417 g/mol. The zero-order valence-corrected chi connectivity index (χ0v) is 17.5. The Bertz CT molecular complexity index is 1000. The number of likely N-dealkylation sites (N-methyl/N-ethyl adjacent to an activating group) is 1. The summed E-state index contributed by atoms with van der Waals surface area (Å²) in [7, 11) is 1.73. The highest BCUT2D eigenvalue weighted by atomic mass is 35.5. The maximum Gasteiger partial charge on any atom is 0.246 e. The molecular formula is C21H21Cl2N3O2. The number of aryl methyl sites for hydroxylation is 2. The Morgan fingerprint density at radius 3 is 2.54 bits per heavy atom. The van der Waals surface area contributed by atoms with Crippen molar-refractivity contribution in [3.63, 3.8) is 0 Å². The van der Waals surface area contributed by atoms with E-state index < -0.39 is 0 Å². The minimum Gasteiger partial charge on any atom is -0.464 e. The summed E-state index contributed by atoms with van der Waals surface area (Å²) in [5.74, 6) is 1.42. The third-order valence-corrected chi connectivity index (χ3v) is 4.96. The van der Waals surface area contributed by atoms with Gasteiger partial charge in [-0.1, -0.05) is 35.3 Å². The average molecular weight is 418 g/mol. The number of aromatic nitrogens is 2. The topological polar surface area (TPSA) is 51.3 Å². The highest BCUT2D eigenvalue weighted by molar-refractivity contribution is 6.31. The minimum absolute atomic E-state index is 0.144. The summed E-state index contributed by atoms with van der Waals surface area (Å²) < 4.78 is 7.22. The van der Waals surface area contributed by atoms with Gasteiger partial charge in [-0.25, -0.2) is 4.68 Å². The van der Waals surface area contributed by atoms with Crippen molar-refractivity contribution in [1.82, 2.24) is 14.7 Å². The molecule has 0 saturated carbocycles. The van der Waals surface area contributed by atoms with Crippen molar-refractivity contribution in [1.29, 1.82) is 0 Å². The Morgan fingerprint density at radius 1 is 1.18 bits per heavy atom. The van der Waals surface area contributed by atoms with E-state index >= 15 is 0 Å². The highest BCUT2D eigenvalue weighted by Crippen LogP contribution is 2.23. The van der Waals surface area contributed by atoms with Crippen LogP contribution in [0.15, 0.2) is 46.9 Å². The Hall–Kier alpha value is -2.50. The smallest absolute Gasteiger partial charge is 0.246 e. The number of hydrogen-bond acceptors (Lipinski definition) is 3. The first-order chi connectivity index (χ1) is 13.3. The van der Waals surface area contributed by atoms with E-state index in [0.29, 0.717) is 23.3 Å². The molecule has 2 aromatic heterocycles. The van der Waals surface area contributed by atoms with Gasteiger partial charge in [-0.15, -0.1) is 0 Å². The summed E-state index contributed by atoms with van der Waals surface area (Å²) in [6, 6.07) is 11.3. The standard InChI is InChI=1S/C21H21Cl2N3O2/c1-14-4-9-18(28-14)13-25(3)20(27)11-10-19-15(2)24-26(21(19)23)12-16-5-7-17(22)8-6-16/h4-11H,12-13H2,1-3H3/b11-10+. The summed E-state index contributed by atoms with van der Waals surface area (Å²) in [6.07, 6.45) is 3.20. The molecule has 0 aliphatic carbocycles. The minimum atomic E-state index is -0.144. The average Bonchev–Trinajstić information content (AvgIpc) is 3.18. The van der Waals surface area contributed by atoms with Gasteiger partial charge in [0.05, 0.1) is 18.8 Å². The molecule has 28 heavy (non-hydrogen) atoms. The van der Waals surface area contributed by atoms with Crippen LogP contribution < -0.4 is 0 Å². The Morgan fingerprint density at radius 2 is 1.89 bits per heavy atom. The molecule has 0 spiro atoms. The third kappa shape index (κ3) is 4.86. The zero-order chi connectivity index (χ0) is 20.3. The second kappa shape index (κ2) is 8.67. The van der Waals surface area contributed by atoms with Crippen molar-refractivity contribution in [2.24, 2.45) is 0 Å². The fraction of sp³-hybridized carbons (Fsp3) is 0.238. The lowest BCUT2D eigenvalue weighted by atomic mass is 10.2. The largest absolute Gasteiger partial charge is 0.464 e. The van der Waals surface area contributed by atoms with Gasteiger partial charge in [-0.3, -0.25) is 4.79 Å². The van der Waals surface area contributed by atoms with E-state index in [4.69, 9.17) is 27.6 Å². The first kappa shape index (κ1) is 20.2. The zero-order valence-electron chi connectivity index (χ0n) is 15.9. The molecule has 2 heterocycles. The van der Waals surface area contributed by atoms with Crippen molar-refractivity contribution in [2.75, 3.05) is 7.05 Å². The molecule has 3 rings (SSSR count). The lowest BCUT2D eigenvalue weighted by molar-refractivity contribution is -0.125. The Balaban J connectivity index is 1.70. The molecule has 3 aromatic rings. The van der Waals surface area contributed by atoms with Gasteiger partial charge in [0, 0.05) is 23.7 Å². The van der Waals surface area contributed by atoms with Crippen LogP contribution in [0.3, 0.4) is 0 Å². The fourth-order valence-electron chi connectivity index (χ4n) is 2.79. The number of hydrogen-bond donors (Lipinski definition) is 0. The van der Waals surface area contributed by atoms with Crippen molar-refractivity contribution < 1.29 is 9.21 Å². The molecule has 5 nitrogen and oxygen atoms in total. The van der Waals surface area contributed by atoms with Crippen molar-refractivity contribution in [3.05, 3.63) is 81.0 Å². The highest BCUT2D eigenvalue weighted by Gasteiger charge is 2.13. The van der Waals surface area contributed by atoms with E-state index in [0.717, 1.165) is 28.3 Å². The van der Waals surface area contributed by atoms with Crippen molar-refractivity contribution in [3.8, 4) is 0 Å². The SMILES string of the molecule is Cc1ccc(CN(C)C(=O)/C=C/c2c(C)nn(Cc3ccc(Cl)cc3)c2Cl)o1. The number of nitrogens with zero attached hydrogens (tertiary/aromatic N) is 3. The number of carbonyl (C=O) groups is 1. The fourth-order valence-corrected chi connectivity index (χ4v) is 3.21. The molecule has 7 heteroatoms. The van der Waals surface area contributed by atoms with Gasteiger partial charge in [0.2, 0.25) is 5.91 Å². The molecule has 0 N–H and O–H groups in total. The summed E-state index contributed by atoms with van der Waals surface area (Å²) in [5, 5.41) is 5.65. The molecule has 0 unspecified atom stereocenters.